The summed E-state index contributed by atoms with van der Waals surface area (Å²) in [6.07, 6.45) is 0.827. The number of nitrogens with zero attached hydrogens (tertiary/aromatic N) is 1. The van der Waals surface area contributed by atoms with Crippen LogP contribution in [0.3, 0.4) is 0 Å². The molecular formula is C20H20N2O4. The molecule has 0 aliphatic carbocycles. The standard InChI is InChI=1S/C20H20N2O4/c1-14(23)16-6-8-17(9-7-16)22-20(24)4-3-11-26-18-10-5-15(13-21)12-19(18)25-2/h5-10,12H,3-4,11H2,1-2H3,(H,22,24). The minimum Gasteiger partial charge on any atom is -0.493 e. The van der Waals surface area contributed by atoms with E-state index < -0.39 is 0 Å². The van der Waals surface area contributed by atoms with Crippen molar-refractivity contribution in [3.05, 3.63) is 53.6 Å². The van der Waals surface area contributed by atoms with E-state index in [9.17, 15) is 9.59 Å². The Morgan fingerprint density at radius 2 is 1.85 bits per heavy atom. The van der Waals surface area contributed by atoms with Crippen LogP contribution in [0.25, 0.3) is 0 Å². The molecule has 0 saturated heterocycles. The summed E-state index contributed by atoms with van der Waals surface area (Å²) in [5.41, 5.74) is 1.74. The monoisotopic (exact) mass is 352 g/mol. The van der Waals surface area contributed by atoms with Crippen LogP contribution >= 0.6 is 0 Å². The Morgan fingerprint density at radius 3 is 2.46 bits per heavy atom. The lowest BCUT2D eigenvalue weighted by Gasteiger charge is -2.11. The van der Waals surface area contributed by atoms with Gasteiger partial charge in [-0.05, 0) is 49.7 Å². The predicted octanol–water partition coefficient (Wildman–Crippen LogP) is 3.57. The second kappa shape index (κ2) is 9.23. The summed E-state index contributed by atoms with van der Waals surface area (Å²) in [7, 11) is 1.51. The van der Waals surface area contributed by atoms with Crippen LogP contribution in [0.5, 0.6) is 11.5 Å². The highest BCUT2D eigenvalue weighted by Gasteiger charge is 2.07. The van der Waals surface area contributed by atoms with Gasteiger partial charge in [0.05, 0.1) is 25.3 Å². The van der Waals surface area contributed by atoms with Crippen molar-refractivity contribution in [2.24, 2.45) is 0 Å². The van der Waals surface area contributed by atoms with Crippen molar-refractivity contribution in [1.82, 2.24) is 0 Å². The van der Waals surface area contributed by atoms with E-state index in [1.807, 2.05) is 6.07 Å². The van der Waals surface area contributed by atoms with E-state index in [-0.39, 0.29) is 11.7 Å². The van der Waals surface area contributed by atoms with Crippen LogP contribution in [-0.2, 0) is 4.79 Å². The fraction of sp³-hybridized carbons (Fsp3) is 0.250. The van der Waals surface area contributed by atoms with Gasteiger partial charge in [-0.25, -0.2) is 0 Å². The average molecular weight is 352 g/mol. The smallest absolute Gasteiger partial charge is 0.224 e. The van der Waals surface area contributed by atoms with Crippen molar-refractivity contribution in [2.75, 3.05) is 19.0 Å². The van der Waals surface area contributed by atoms with Crippen LogP contribution in [0.4, 0.5) is 5.69 Å². The van der Waals surface area contributed by atoms with Gasteiger partial charge >= 0.3 is 0 Å². The van der Waals surface area contributed by atoms with E-state index in [1.165, 1.54) is 14.0 Å². The maximum Gasteiger partial charge on any atom is 0.224 e. The van der Waals surface area contributed by atoms with Crippen molar-refractivity contribution in [3.8, 4) is 17.6 Å². The van der Waals surface area contributed by atoms with E-state index in [4.69, 9.17) is 14.7 Å². The maximum absolute atomic E-state index is 12.0. The topological polar surface area (TPSA) is 88.4 Å². The first kappa shape index (κ1) is 19.0. The second-order valence-electron chi connectivity index (χ2n) is 5.61. The summed E-state index contributed by atoms with van der Waals surface area (Å²) < 4.78 is 10.8. The molecule has 0 unspecified atom stereocenters. The number of amides is 1. The highest BCUT2D eigenvalue weighted by atomic mass is 16.5. The van der Waals surface area contributed by atoms with Crippen molar-refractivity contribution in [1.29, 1.82) is 5.26 Å². The zero-order valence-corrected chi connectivity index (χ0v) is 14.7. The van der Waals surface area contributed by atoms with E-state index in [0.29, 0.717) is 47.8 Å². The normalized spacial score (nSPS) is 9.88. The molecule has 6 nitrogen and oxygen atoms in total. The van der Waals surface area contributed by atoms with Crippen molar-refractivity contribution in [2.45, 2.75) is 19.8 Å². The number of carbonyl (C=O) groups is 2. The molecule has 26 heavy (non-hydrogen) atoms. The van der Waals surface area contributed by atoms with Gasteiger partial charge in [0.1, 0.15) is 0 Å². The third-order valence-corrected chi connectivity index (χ3v) is 3.67. The summed E-state index contributed by atoms with van der Waals surface area (Å²) in [6, 6.07) is 13.7. The molecule has 6 heteroatoms. The number of nitrogens with one attached hydrogen (secondary N) is 1. The molecule has 2 aromatic carbocycles. The molecule has 0 fully saturated rings. The van der Waals surface area contributed by atoms with E-state index in [2.05, 4.69) is 5.32 Å². The van der Waals surface area contributed by atoms with Crippen LogP contribution in [0, 0.1) is 11.3 Å². The van der Waals surface area contributed by atoms with Crippen molar-refractivity contribution >= 4 is 17.4 Å². The maximum atomic E-state index is 12.0. The lowest BCUT2D eigenvalue weighted by atomic mass is 10.1. The first-order chi connectivity index (χ1) is 12.5. The third kappa shape index (κ3) is 5.35. The van der Waals surface area contributed by atoms with Crippen LogP contribution < -0.4 is 14.8 Å². The molecule has 134 valence electrons. The zero-order chi connectivity index (χ0) is 18.9. The minimum absolute atomic E-state index is 0.0155. The second-order valence-corrected chi connectivity index (χ2v) is 5.61. The molecule has 0 aromatic heterocycles. The van der Waals surface area contributed by atoms with Gasteiger partial charge in [-0.2, -0.15) is 5.26 Å². The summed E-state index contributed by atoms with van der Waals surface area (Å²) in [5.74, 6) is 0.875. The number of benzene rings is 2. The highest BCUT2D eigenvalue weighted by Crippen LogP contribution is 2.27. The zero-order valence-electron chi connectivity index (χ0n) is 14.7. The fourth-order valence-electron chi connectivity index (χ4n) is 2.28. The molecule has 0 radical (unpaired) electrons. The SMILES string of the molecule is COc1cc(C#N)ccc1OCCCC(=O)Nc1ccc(C(C)=O)cc1. The molecule has 1 N–H and O–H groups in total. The number of ether oxygens (including phenoxy) is 2. The Bertz CT molecular complexity index is 823. The van der Waals surface area contributed by atoms with Crippen molar-refractivity contribution in [3.63, 3.8) is 0 Å². The third-order valence-electron chi connectivity index (χ3n) is 3.67. The summed E-state index contributed by atoms with van der Waals surface area (Å²) >= 11 is 0. The van der Waals surface area contributed by atoms with Gasteiger partial charge in [0, 0.05) is 23.7 Å². The molecule has 0 bridgehead atoms. The molecule has 0 heterocycles. The molecule has 0 aliphatic rings. The summed E-state index contributed by atoms with van der Waals surface area (Å²) in [6.45, 7) is 1.84. The number of carbonyl (C=O) groups excluding carboxylic acids is 2. The molecule has 0 spiro atoms. The molecule has 0 atom stereocenters. The Labute approximate surface area is 152 Å². The van der Waals surface area contributed by atoms with Crippen LogP contribution in [0.1, 0.15) is 35.7 Å². The quantitative estimate of drug-likeness (QED) is 0.579. The number of rotatable bonds is 8. The number of hydrogen-bond donors (Lipinski definition) is 1. The van der Waals surface area contributed by atoms with Crippen LogP contribution in [0.15, 0.2) is 42.5 Å². The fourth-order valence-corrected chi connectivity index (χ4v) is 2.28. The number of hydrogen-bond acceptors (Lipinski definition) is 5. The van der Waals surface area contributed by atoms with Gasteiger partial charge < -0.3 is 14.8 Å². The number of methoxy groups -OCH3 is 1. The number of nitriles is 1. The number of anilines is 1. The Hall–Kier alpha value is -3.33. The molecular weight excluding hydrogens is 332 g/mol. The van der Waals surface area contributed by atoms with Gasteiger partial charge in [0.25, 0.3) is 0 Å². The van der Waals surface area contributed by atoms with Crippen LogP contribution in [0.2, 0.25) is 0 Å². The van der Waals surface area contributed by atoms with E-state index in [1.54, 1.807) is 42.5 Å². The van der Waals surface area contributed by atoms with Gasteiger partial charge in [-0.3, -0.25) is 9.59 Å². The molecule has 1 amide bonds. The Balaban J connectivity index is 1.78. The van der Waals surface area contributed by atoms with Gasteiger partial charge in [-0.15, -0.1) is 0 Å². The van der Waals surface area contributed by atoms with Gasteiger partial charge in [0.15, 0.2) is 17.3 Å². The Kier molecular flexibility index (Phi) is 6.75. The van der Waals surface area contributed by atoms with Crippen molar-refractivity contribution < 1.29 is 19.1 Å². The molecule has 0 aliphatic heterocycles. The minimum atomic E-state index is -0.129. The average Bonchev–Trinajstić information content (AvgIpc) is 2.65. The number of Topliss-reactive ketones (excluding diaryl/α,β-unsaturated/α-hetero) is 1. The molecule has 2 rings (SSSR count). The molecule has 0 saturated carbocycles. The largest absolute Gasteiger partial charge is 0.493 e. The first-order valence-corrected chi connectivity index (χ1v) is 8.15. The Morgan fingerprint density at radius 1 is 1.12 bits per heavy atom. The van der Waals surface area contributed by atoms with E-state index in [0.717, 1.165) is 0 Å². The lowest BCUT2D eigenvalue weighted by Crippen LogP contribution is -2.13. The van der Waals surface area contributed by atoms with Gasteiger partial charge in [0.2, 0.25) is 5.91 Å². The summed E-state index contributed by atoms with van der Waals surface area (Å²) in [4.78, 5) is 23.2. The number of ketones is 1. The van der Waals surface area contributed by atoms with Crippen LogP contribution in [-0.4, -0.2) is 25.4 Å². The predicted molar refractivity (Wildman–Crippen MR) is 97.5 cm³/mol. The lowest BCUT2D eigenvalue weighted by molar-refractivity contribution is -0.116. The van der Waals surface area contributed by atoms with Gasteiger partial charge in [-0.1, -0.05) is 0 Å². The highest BCUT2D eigenvalue weighted by molar-refractivity contribution is 5.95. The summed E-state index contributed by atoms with van der Waals surface area (Å²) in [5, 5.41) is 11.7. The first-order valence-electron chi connectivity index (χ1n) is 8.15. The van der Waals surface area contributed by atoms with E-state index >= 15 is 0 Å². The molecule has 2 aromatic rings.